The molecule has 0 saturated heterocycles. The van der Waals surface area contributed by atoms with E-state index in [4.69, 9.17) is 4.74 Å². The molecule has 0 saturated carbocycles. The van der Waals surface area contributed by atoms with Gasteiger partial charge in [0.1, 0.15) is 6.10 Å². The van der Waals surface area contributed by atoms with Gasteiger partial charge in [0.05, 0.1) is 0 Å². The zero-order chi connectivity index (χ0) is 10.3. The number of ether oxygens (including phenoxy) is 1. The van der Waals surface area contributed by atoms with Gasteiger partial charge in [0.25, 0.3) is 0 Å². The van der Waals surface area contributed by atoms with E-state index < -0.39 is 0 Å². The van der Waals surface area contributed by atoms with Crippen molar-refractivity contribution in [2.24, 2.45) is 0 Å². The summed E-state index contributed by atoms with van der Waals surface area (Å²) in [5.74, 6) is -0.351. The highest BCUT2D eigenvalue weighted by Crippen LogP contribution is 2.07. The fourth-order valence-electron chi connectivity index (χ4n) is 1.03. The molecule has 0 aliphatic carbocycles. The van der Waals surface area contributed by atoms with Crippen molar-refractivity contribution in [3.05, 3.63) is 24.3 Å². The van der Waals surface area contributed by atoms with E-state index in [0.717, 1.165) is 18.4 Å². The summed E-state index contributed by atoms with van der Waals surface area (Å²) in [5, 5.41) is 0. The molecule has 2 nitrogen and oxygen atoms in total. The van der Waals surface area contributed by atoms with Crippen molar-refractivity contribution in [3.63, 3.8) is 0 Å². The number of carbonyl (C=O) groups is 1. The summed E-state index contributed by atoms with van der Waals surface area (Å²) in [5.41, 5.74) is 1.16. The van der Waals surface area contributed by atoms with Crippen LogP contribution in [0.4, 0.5) is 0 Å². The largest absolute Gasteiger partial charge is 0.455 e. The van der Waals surface area contributed by atoms with Crippen LogP contribution in [0.5, 0.6) is 0 Å². The van der Waals surface area contributed by atoms with Crippen LogP contribution >= 0.6 is 0 Å². The molecule has 0 aromatic rings. The second-order valence-electron chi connectivity index (χ2n) is 3.21. The van der Waals surface area contributed by atoms with E-state index >= 15 is 0 Å². The highest BCUT2D eigenvalue weighted by Gasteiger charge is 2.07. The van der Waals surface area contributed by atoms with Gasteiger partial charge in [0.15, 0.2) is 0 Å². The molecule has 0 radical (unpaired) electrons. The van der Waals surface area contributed by atoms with Crippen LogP contribution in [0, 0.1) is 0 Å². The third-order valence-corrected chi connectivity index (χ3v) is 1.53. The lowest BCUT2D eigenvalue weighted by molar-refractivity contribution is -0.141. The predicted molar refractivity (Wildman–Crippen MR) is 54.4 cm³/mol. The fourth-order valence-corrected chi connectivity index (χ4v) is 1.03. The number of rotatable bonds is 5. The third-order valence-electron chi connectivity index (χ3n) is 1.53. The Bertz CT molecular complexity index is 200. The van der Waals surface area contributed by atoms with Crippen LogP contribution in [0.2, 0.25) is 0 Å². The van der Waals surface area contributed by atoms with Crippen molar-refractivity contribution in [3.8, 4) is 0 Å². The van der Waals surface area contributed by atoms with Crippen molar-refractivity contribution in [2.45, 2.75) is 39.7 Å². The molecular formula is C11H18O2. The molecule has 0 bridgehead atoms. The average Bonchev–Trinajstić information content (AvgIpc) is 2.03. The smallest absolute Gasteiger partial charge is 0.330 e. The molecule has 0 aromatic heterocycles. The van der Waals surface area contributed by atoms with E-state index in [-0.39, 0.29) is 12.1 Å². The molecule has 0 fully saturated rings. The van der Waals surface area contributed by atoms with Crippen molar-refractivity contribution >= 4 is 5.97 Å². The van der Waals surface area contributed by atoms with E-state index in [0.29, 0.717) is 0 Å². The minimum atomic E-state index is -0.351. The number of carbonyl (C=O) groups excluding carboxylic acids is 1. The molecule has 0 spiro atoms. The number of hydrogen-bond donors (Lipinski definition) is 0. The van der Waals surface area contributed by atoms with Crippen LogP contribution in [0.15, 0.2) is 24.3 Å². The van der Waals surface area contributed by atoms with Gasteiger partial charge in [0, 0.05) is 6.08 Å². The Hall–Kier alpha value is -1.05. The summed E-state index contributed by atoms with van der Waals surface area (Å²) in [6.07, 6.45) is 4.93. The molecular weight excluding hydrogens is 164 g/mol. The normalized spacial score (nSPS) is 11.6. The topological polar surface area (TPSA) is 26.3 Å². The first-order valence-corrected chi connectivity index (χ1v) is 4.58. The maximum absolute atomic E-state index is 10.9. The Morgan fingerprint density at radius 2 is 2.15 bits per heavy atom. The second kappa shape index (κ2) is 6.46. The van der Waals surface area contributed by atoms with Crippen LogP contribution < -0.4 is 0 Å². The maximum Gasteiger partial charge on any atom is 0.330 e. The first kappa shape index (κ1) is 11.9. The van der Waals surface area contributed by atoms with Crippen LogP contribution in [-0.2, 0) is 9.53 Å². The zero-order valence-corrected chi connectivity index (χ0v) is 8.67. The molecule has 1 unspecified atom stereocenters. The highest BCUT2D eigenvalue weighted by molar-refractivity contribution is 5.81. The van der Waals surface area contributed by atoms with Gasteiger partial charge < -0.3 is 4.74 Å². The molecule has 0 aromatic carbocycles. The lowest BCUT2D eigenvalue weighted by Gasteiger charge is -2.12. The van der Waals surface area contributed by atoms with Gasteiger partial charge in [-0.05, 0) is 26.3 Å². The zero-order valence-electron chi connectivity index (χ0n) is 8.67. The monoisotopic (exact) mass is 182 g/mol. The Labute approximate surface area is 80.3 Å². The Morgan fingerprint density at radius 1 is 1.54 bits per heavy atom. The number of hydrogen-bond acceptors (Lipinski definition) is 2. The highest BCUT2D eigenvalue weighted by atomic mass is 16.5. The van der Waals surface area contributed by atoms with E-state index in [1.165, 1.54) is 6.08 Å². The number of allylic oxidation sites excluding steroid dienone is 1. The minimum absolute atomic E-state index is 0.0968. The lowest BCUT2D eigenvalue weighted by Crippen LogP contribution is -2.14. The summed E-state index contributed by atoms with van der Waals surface area (Å²) in [4.78, 5) is 10.9. The Kier molecular flexibility index (Phi) is 5.94. The van der Waals surface area contributed by atoms with Crippen molar-refractivity contribution < 1.29 is 9.53 Å². The summed E-state index contributed by atoms with van der Waals surface area (Å²) < 4.78 is 5.12. The average molecular weight is 182 g/mol. The predicted octanol–water partition coefficient (Wildman–Crippen LogP) is 2.85. The summed E-state index contributed by atoms with van der Waals surface area (Å²) in [7, 11) is 0. The van der Waals surface area contributed by atoms with Gasteiger partial charge in [-0.1, -0.05) is 25.5 Å². The van der Waals surface area contributed by atoms with Gasteiger partial charge in [0.2, 0.25) is 0 Å². The van der Waals surface area contributed by atoms with E-state index in [2.05, 4.69) is 13.5 Å². The third kappa shape index (κ3) is 6.14. The van der Waals surface area contributed by atoms with Crippen molar-refractivity contribution in [2.75, 3.05) is 0 Å². The molecule has 0 aliphatic rings. The maximum atomic E-state index is 10.9. The van der Waals surface area contributed by atoms with Gasteiger partial charge in [-0.15, -0.1) is 0 Å². The summed E-state index contributed by atoms with van der Waals surface area (Å²) in [6.45, 7) is 9.40. The SMILES string of the molecule is C=CC(=O)OC(C=C(C)C)CCC. The molecule has 0 N–H and O–H groups in total. The van der Waals surface area contributed by atoms with Crippen LogP contribution in [-0.4, -0.2) is 12.1 Å². The summed E-state index contributed by atoms with van der Waals surface area (Å²) in [6, 6.07) is 0. The molecule has 2 heteroatoms. The van der Waals surface area contributed by atoms with Crippen LogP contribution in [0.25, 0.3) is 0 Å². The van der Waals surface area contributed by atoms with E-state index in [9.17, 15) is 4.79 Å². The van der Waals surface area contributed by atoms with E-state index in [1.54, 1.807) is 0 Å². The standard InChI is InChI=1S/C11H18O2/c1-5-7-10(8-9(3)4)13-11(12)6-2/h6,8,10H,2,5,7H2,1,3-4H3. The molecule has 0 aliphatic heterocycles. The number of esters is 1. The Balaban J connectivity index is 4.17. The first-order valence-electron chi connectivity index (χ1n) is 4.58. The molecule has 0 rings (SSSR count). The molecule has 0 heterocycles. The van der Waals surface area contributed by atoms with Crippen LogP contribution in [0.1, 0.15) is 33.6 Å². The van der Waals surface area contributed by atoms with Crippen LogP contribution in [0.3, 0.4) is 0 Å². The van der Waals surface area contributed by atoms with Crippen molar-refractivity contribution in [1.29, 1.82) is 0 Å². The molecule has 0 amide bonds. The van der Waals surface area contributed by atoms with E-state index in [1.807, 2.05) is 19.9 Å². The Morgan fingerprint density at radius 3 is 2.54 bits per heavy atom. The van der Waals surface area contributed by atoms with Gasteiger partial charge >= 0.3 is 5.97 Å². The molecule has 1 atom stereocenters. The first-order chi connectivity index (χ1) is 6.10. The molecule has 74 valence electrons. The quantitative estimate of drug-likeness (QED) is 0.371. The summed E-state index contributed by atoms with van der Waals surface area (Å²) >= 11 is 0. The second-order valence-corrected chi connectivity index (χ2v) is 3.21. The van der Waals surface area contributed by atoms with Gasteiger partial charge in [-0.2, -0.15) is 0 Å². The molecule has 13 heavy (non-hydrogen) atoms. The van der Waals surface area contributed by atoms with Gasteiger partial charge in [-0.25, -0.2) is 4.79 Å². The van der Waals surface area contributed by atoms with Crippen molar-refractivity contribution in [1.82, 2.24) is 0 Å². The fraction of sp³-hybridized carbons (Fsp3) is 0.545. The van der Waals surface area contributed by atoms with Gasteiger partial charge in [-0.3, -0.25) is 0 Å². The minimum Gasteiger partial charge on any atom is -0.455 e. The lowest BCUT2D eigenvalue weighted by atomic mass is 10.1.